The monoisotopic (exact) mass is 327 g/mol. The number of aromatic nitrogens is 2. The highest BCUT2D eigenvalue weighted by molar-refractivity contribution is 6.29. The summed E-state index contributed by atoms with van der Waals surface area (Å²) in [5, 5.41) is 2.97. The molecule has 6 nitrogen and oxygen atoms in total. The molecule has 0 radical (unpaired) electrons. The molecule has 1 fully saturated rings. The lowest BCUT2D eigenvalue weighted by atomic mass is 9.86. The lowest BCUT2D eigenvalue weighted by Crippen LogP contribution is -2.46. The van der Waals surface area contributed by atoms with Gasteiger partial charge in [-0.25, -0.2) is 4.79 Å². The van der Waals surface area contributed by atoms with Gasteiger partial charge in [-0.3, -0.25) is 18.7 Å². The summed E-state index contributed by atoms with van der Waals surface area (Å²) in [7, 11) is 0. The van der Waals surface area contributed by atoms with Gasteiger partial charge in [-0.2, -0.15) is 0 Å². The van der Waals surface area contributed by atoms with E-state index in [4.69, 9.17) is 11.6 Å². The van der Waals surface area contributed by atoms with Crippen molar-refractivity contribution in [3.05, 3.63) is 32.1 Å². The summed E-state index contributed by atoms with van der Waals surface area (Å²) in [5.74, 6) is 0.193. The Morgan fingerprint density at radius 1 is 1.32 bits per heavy atom. The second-order valence-electron chi connectivity index (χ2n) is 5.85. The van der Waals surface area contributed by atoms with Crippen LogP contribution in [0.4, 0.5) is 0 Å². The summed E-state index contributed by atoms with van der Waals surface area (Å²) in [5.41, 5.74) is -0.998. The van der Waals surface area contributed by atoms with Gasteiger partial charge in [0, 0.05) is 18.7 Å². The summed E-state index contributed by atoms with van der Waals surface area (Å²) >= 11 is 5.95. The Morgan fingerprint density at radius 2 is 2.00 bits per heavy atom. The second kappa shape index (κ2) is 7.13. The standard InChI is InChI=1S/C15H22ClN3O3/c1-3-18-14(21)8-12(16)19(15(18)22)9-13(20)17-11-7-5-4-6-10(11)2/h8,10-11H,3-7,9H2,1-2H3,(H,17,20)/t10-,11-/m1/s1. The molecule has 1 N–H and O–H groups in total. The van der Waals surface area contributed by atoms with E-state index in [1.807, 2.05) is 0 Å². The maximum atomic E-state index is 12.2. The molecule has 1 aromatic rings. The molecule has 1 amide bonds. The Bertz CT molecular complexity index is 665. The molecular formula is C15H22ClN3O3. The first-order chi connectivity index (χ1) is 10.4. The molecule has 0 saturated heterocycles. The van der Waals surface area contributed by atoms with Crippen LogP contribution in [0.3, 0.4) is 0 Å². The second-order valence-corrected chi connectivity index (χ2v) is 6.24. The molecule has 0 spiro atoms. The van der Waals surface area contributed by atoms with Crippen molar-refractivity contribution in [2.45, 2.75) is 58.7 Å². The van der Waals surface area contributed by atoms with Crippen molar-refractivity contribution in [3.63, 3.8) is 0 Å². The van der Waals surface area contributed by atoms with E-state index in [2.05, 4.69) is 12.2 Å². The summed E-state index contributed by atoms with van der Waals surface area (Å²) in [6.07, 6.45) is 4.37. The number of amides is 1. The molecule has 22 heavy (non-hydrogen) atoms. The zero-order valence-corrected chi connectivity index (χ0v) is 13.7. The predicted molar refractivity (Wildman–Crippen MR) is 85.2 cm³/mol. The maximum absolute atomic E-state index is 12.2. The zero-order chi connectivity index (χ0) is 16.3. The lowest BCUT2D eigenvalue weighted by molar-refractivity contribution is -0.123. The van der Waals surface area contributed by atoms with E-state index in [1.165, 1.54) is 12.5 Å². The van der Waals surface area contributed by atoms with Crippen molar-refractivity contribution in [2.75, 3.05) is 0 Å². The van der Waals surface area contributed by atoms with Crippen molar-refractivity contribution in [3.8, 4) is 0 Å². The quantitative estimate of drug-likeness (QED) is 0.849. The highest BCUT2D eigenvalue weighted by atomic mass is 35.5. The first-order valence-electron chi connectivity index (χ1n) is 7.73. The van der Waals surface area contributed by atoms with Crippen LogP contribution in [0.1, 0.15) is 39.5 Å². The fourth-order valence-corrected chi connectivity index (χ4v) is 3.18. The summed E-state index contributed by atoms with van der Waals surface area (Å²) in [4.78, 5) is 36.0. The van der Waals surface area contributed by atoms with Gasteiger partial charge in [0.1, 0.15) is 11.7 Å². The van der Waals surface area contributed by atoms with E-state index in [1.54, 1.807) is 6.92 Å². The SMILES string of the molecule is CCn1c(=O)cc(Cl)n(CC(=O)N[C@@H]2CCCC[C@H]2C)c1=O. The number of halogens is 1. The van der Waals surface area contributed by atoms with Crippen molar-refractivity contribution in [1.82, 2.24) is 14.5 Å². The van der Waals surface area contributed by atoms with Gasteiger partial charge in [-0.1, -0.05) is 31.4 Å². The molecule has 1 aliphatic carbocycles. The van der Waals surface area contributed by atoms with Crippen LogP contribution >= 0.6 is 11.6 Å². The van der Waals surface area contributed by atoms with E-state index in [0.717, 1.165) is 28.4 Å². The number of hydrogen-bond donors (Lipinski definition) is 1. The number of carbonyl (C=O) groups excluding carboxylic acids is 1. The number of rotatable bonds is 4. The molecule has 2 rings (SSSR count). The van der Waals surface area contributed by atoms with Crippen molar-refractivity contribution in [2.24, 2.45) is 5.92 Å². The number of nitrogens with zero attached hydrogens (tertiary/aromatic N) is 2. The Balaban J connectivity index is 2.15. The Morgan fingerprint density at radius 3 is 2.64 bits per heavy atom. The van der Waals surface area contributed by atoms with Gasteiger partial charge in [0.2, 0.25) is 5.91 Å². The fourth-order valence-electron chi connectivity index (χ4n) is 2.95. The van der Waals surface area contributed by atoms with Crippen molar-refractivity contribution < 1.29 is 4.79 Å². The van der Waals surface area contributed by atoms with Crippen LogP contribution in [0, 0.1) is 5.92 Å². The minimum atomic E-state index is -0.549. The lowest BCUT2D eigenvalue weighted by Gasteiger charge is -2.29. The predicted octanol–water partition coefficient (Wildman–Crippen LogP) is 1.38. The van der Waals surface area contributed by atoms with Crippen LogP contribution in [0.25, 0.3) is 0 Å². The largest absolute Gasteiger partial charge is 0.352 e. The fraction of sp³-hybridized carbons (Fsp3) is 0.667. The summed E-state index contributed by atoms with van der Waals surface area (Å²) in [6, 6.07) is 1.32. The van der Waals surface area contributed by atoms with E-state index < -0.39 is 11.2 Å². The van der Waals surface area contributed by atoms with Gasteiger partial charge in [-0.15, -0.1) is 0 Å². The molecule has 1 heterocycles. The topological polar surface area (TPSA) is 73.1 Å². The van der Waals surface area contributed by atoms with Crippen molar-refractivity contribution >= 4 is 17.5 Å². The van der Waals surface area contributed by atoms with Crippen LogP contribution < -0.4 is 16.6 Å². The molecule has 0 aliphatic heterocycles. The van der Waals surface area contributed by atoms with Crippen LogP contribution in [0.5, 0.6) is 0 Å². The van der Waals surface area contributed by atoms with Crippen LogP contribution in [-0.4, -0.2) is 21.1 Å². The first-order valence-corrected chi connectivity index (χ1v) is 8.11. The van der Waals surface area contributed by atoms with Gasteiger partial charge < -0.3 is 5.32 Å². The van der Waals surface area contributed by atoms with Gasteiger partial charge in [-0.05, 0) is 25.7 Å². The average Bonchev–Trinajstić information content (AvgIpc) is 2.46. The molecular weight excluding hydrogens is 306 g/mol. The molecule has 0 unspecified atom stereocenters. The Labute approximate surface area is 134 Å². The van der Waals surface area contributed by atoms with E-state index in [0.29, 0.717) is 5.92 Å². The Kier molecular flexibility index (Phi) is 5.45. The minimum Gasteiger partial charge on any atom is -0.352 e. The molecule has 1 aliphatic rings. The average molecular weight is 328 g/mol. The van der Waals surface area contributed by atoms with Gasteiger partial charge in [0.05, 0.1) is 0 Å². The first kappa shape index (κ1) is 16.8. The molecule has 0 bridgehead atoms. The van der Waals surface area contributed by atoms with E-state index in [-0.39, 0.29) is 30.2 Å². The molecule has 122 valence electrons. The number of nitrogens with one attached hydrogen (secondary N) is 1. The highest BCUT2D eigenvalue weighted by Gasteiger charge is 2.23. The van der Waals surface area contributed by atoms with Gasteiger partial charge in [0.15, 0.2) is 0 Å². The van der Waals surface area contributed by atoms with E-state index in [9.17, 15) is 14.4 Å². The third-order valence-electron chi connectivity index (χ3n) is 4.30. The normalized spacial score (nSPS) is 21.6. The molecule has 1 aromatic heterocycles. The number of carbonyl (C=O) groups is 1. The van der Waals surface area contributed by atoms with Crippen LogP contribution in [0.2, 0.25) is 5.15 Å². The van der Waals surface area contributed by atoms with Gasteiger partial charge in [0.25, 0.3) is 5.56 Å². The third kappa shape index (κ3) is 3.61. The van der Waals surface area contributed by atoms with E-state index >= 15 is 0 Å². The van der Waals surface area contributed by atoms with Crippen LogP contribution in [-0.2, 0) is 17.9 Å². The smallest absolute Gasteiger partial charge is 0.332 e. The summed E-state index contributed by atoms with van der Waals surface area (Å²) in [6.45, 7) is 3.91. The third-order valence-corrected chi connectivity index (χ3v) is 4.62. The van der Waals surface area contributed by atoms with Gasteiger partial charge >= 0.3 is 5.69 Å². The maximum Gasteiger partial charge on any atom is 0.332 e. The van der Waals surface area contributed by atoms with Crippen LogP contribution in [0.15, 0.2) is 15.7 Å². The molecule has 2 atom stereocenters. The number of hydrogen-bond acceptors (Lipinski definition) is 3. The zero-order valence-electron chi connectivity index (χ0n) is 13.0. The minimum absolute atomic E-state index is 0.00783. The Hall–Kier alpha value is -1.56. The summed E-state index contributed by atoms with van der Waals surface area (Å²) < 4.78 is 2.19. The molecule has 7 heteroatoms. The van der Waals surface area contributed by atoms with Crippen molar-refractivity contribution in [1.29, 1.82) is 0 Å². The molecule has 1 saturated carbocycles. The highest BCUT2D eigenvalue weighted by Crippen LogP contribution is 2.23. The molecule has 0 aromatic carbocycles.